The molecule has 1 unspecified atom stereocenters. The Morgan fingerprint density at radius 3 is 2.91 bits per heavy atom. The zero-order valence-electron chi connectivity index (χ0n) is 12.6. The molecule has 6 nitrogen and oxygen atoms in total. The molecule has 1 N–H and O–H groups in total. The largest absolute Gasteiger partial charge is 0.336 e. The minimum atomic E-state index is 0.0568. The summed E-state index contributed by atoms with van der Waals surface area (Å²) < 4.78 is 1.90. The fraction of sp³-hybridized carbons (Fsp3) is 0.500. The van der Waals surface area contributed by atoms with E-state index in [-0.39, 0.29) is 5.91 Å². The number of nitrogens with one attached hydrogen (secondary N) is 1. The highest BCUT2D eigenvalue weighted by Gasteiger charge is 2.32. The van der Waals surface area contributed by atoms with Crippen LogP contribution >= 0.6 is 0 Å². The lowest BCUT2D eigenvalue weighted by Gasteiger charge is -2.32. The summed E-state index contributed by atoms with van der Waals surface area (Å²) >= 11 is 0. The van der Waals surface area contributed by atoms with Crippen LogP contribution in [0, 0.1) is 0 Å². The van der Waals surface area contributed by atoms with E-state index in [4.69, 9.17) is 0 Å². The second-order valence-corrected chi connectivity index (χ2v) is 6.07. The van der Waals surface area contributed by atoms with Crippen LogP contribution in [0.2, 0.25) is 0 Å². The Morgan fingerprint density at radius 2 is 2.09 bits per heavy atom. The third kappa shape index (κ3) is 2.48. The number of pyridine rings is 1. The second kappa shape index (κ2) is 5.70. The molecule has 4 rings (SSSR count). The average molecular weight is 299 g/mol. The molecule has 0 bridgehead atoms. The van der Waals surface area contributed by atoms with Gasteiger partial charge in [-0.2, -0.15) is 0 Å². The Bertz CT molecular complexity index is 643. The summed E-state index contributed by atoms with van der Waals surface area (Å²) in [6, 6.07) is 6.30. The topological polar surface area (TPSA) is 52.9 Å². The zero-order valence-corrected chi connectivity index (χ0v) is 12.6. The van der Waals surface area contributed by atoms with Gasteiger partial charge in [-0.15, -0.1) is 0 Å². The van der Waals surface area contributed by atoms with Crippen molar-refractivity contribution >= 4 is 11.6 Å². The lowest BCUT2D eigenvalue weighted by Crippen LogP contribution is -2.49. The summed E-state index contributed by atoms with van der Waals surface area (Å²) in [6.45, 7) is 5.93. The van der Waals surface area contributed by atoms with Crippen LogP contribution in [0.4, 0.5) is 0 Å². The number of rotatable bonds is 2. The first-order chi connectivity index (χ1) is 10.8. The van der Waals surface area contributed by atoms with Crippen LogP contribution in [0.5, 0.6) is 0 Å². The molecule has 0 aromatic carbocycles. The number of hydrogen-bond acceptors (Lipinski definition) is 4. The molecule has 1 atom stereocenters. The van der Waals surface area contributed by atoms with Gasteiger partial charge in [0.05, 0.1) is 0 Å². The van der Waals surface area contributed by atoms with E-state index in [2.05, 4.69) is 15.2 Å². The molecule has 0 saturated carbocycles. The van der Waals surface area contributed by atoms with Gasteiger partial charge in [0.25, 0.3) is 5.91 Å². The van der Waals surface area contributed by atoms with E-state index in [1.807, 2.05) is 39.9 Å². The second-order valence-electron chi connectivity index (χ2n) is 6.07. The van der Waals surface area contributed by atoms with Crippen LogP contribution < -0.4 is 5.32 Å². The van der Waals surface area contributed by atoms with Crippen molar-refractivity contribution < 1.29 is 4.79 Å². The summed E-state index contributed by atoms with van der Waals surface area (Å²) in [7, 11) is 0. The van der Waals surface area contributed by atoms with Crippen LogP contribution in [0.1, 0.15) is 16.9 Å². The van der Waals surface area contributed by atoms with Crippen LogP contribution in [-0.4, -0.2) is 70.4 Å². The predicted octanol–water partition coefficient (Wildman–Crippen LogP) is 0.454. The maximum absolute atomic E-state index is 12.7. The highest BCUT2D eigenvalue weighted by atomic mass is 16.2. The average Bonchev–Trinajstić information content (AvgIpc) is 3.22. The zero-order chi connectivity index (χ0) is 14.9. The van der Waals surface area contributed by atoms with Crippen molar-refractivity contribution in [2.45, 2.75) is 12.5 Å². The third-order valence-electron chi connectivity index (χ3n) is 4.70. The molecule has 22 heavy (non-hydrogen) atoms. The quantitative estimate of drug-likeness (QED) is 0.875. The standard InChI is InChI=1S/C16H21N5O/c22-16(14-12-20-7-2-1-3-15(20)18-14)21-8-4-13(11-21)19-9-5-17-6-10-19/h1-3,7,12-13,17H,4-6,8-11H2. The van der Waals surface area contributed by atoms with Gasteiger partial charge in [-0.1, -0.05) is 6.07 Å². The summed E-state index contributed by atoms with van der Waals surface area (Å²) in [5.41, 5.74) is 1.37. The Labute approximate surface area is 129 Å². The van der Waals surface area contributed by atoms with Crippen molar-refractivity contribution in [1.29, 1.82) is 0 Å². The van der Waals surface area contributed by atoms with E-state index in [1.165, 1.54) is 0 Å². The fourth-order valence-corrected chi connectivity index (χ4v) is 3.47. The van der Waals surface area contributed by atoms with Crippen molar-refractivity contribution in [3.63, 3.8) is 0 Å². The van der Waals surface area contributed by atoms with Crippen LogP contribution in [0.15, 0.2) is 30.6 Å². The van der Waals surface area contributed by atoms with Gasteiger partial charge in [-0.05, 0) is 18.6 Å². The number of nitrogens with zero attached hydrogens (tertiary/aromatic N) is 4. The molecule has 0 aliphatic carbocycles. The first-order valence-corrected chi connectivity index (χ1v) is 7.99. The third-order valence-corrected chi connectivity index (χ3v) is 4.70. The first kappa shape index (κ1) is 13.7. The van der Waals surface area contributed by atoms with Crippen LogP contribution in [0.25, 0.3) is 5.65 Å². The van der Waals surface area contributed by atoms with Crippen molar-refractivity contribution in [3.05, 3.63) is 36.3 Å². The SMILES string of the molecule is O=C(c1cn2ccccc2n1)N1CCC(N2CCNCC2)C1. The number of carbonyl (C=O) groups excluding carboxylic acids is 1. The predicted molar refractivity (Wildman–Crippen MR) is 83.9 cm³/mol. The number of hydrogen-bond donors (Lipinski definition) is 1. The van der Waals surface area contributed by atoms with Crippen molar-refractivity contribution in [3.8, 4) is 0 Å². The molecule has 6 heteroatoms. The Balaban J connectivity index is 1.46. The lowest BCUT2D eigenvalue weighted by molar-refractivity contribution is 0.0768. The van der Waals surface area contributed by atoms with Crippen molar-refractivity contribution in [1.82, 2.24) is 24.5 Å². The highest BCUT2D eigenvalue weighted by Crippen LogP contribution is 2.18. The summed E-state index contributed by atoms with van der Waals surface area (Å²) in [5, 5.41) is 3.38. The van der Waals surface area contributed by atoms with Gasteiger partial charge in [-0.3, -0.25) is 9.69 Å². The monoisotopic (exact) mass is 299 g/mol. The molecule has 0 spiro atoms. The molecule has 2 fully saturated rings. The van der Waals surface area contributed by atoms with E-state index in [0.717, 1.165) is 51.3 Å². The van der Waals surface area contributed by atoms with Crippen LogP contribution in [0.3, 0.4) is 0 Å². The van der Waals surface area contributed by atoms with Gasteiger partial charge in [0.2, 0.25) is 0 Å². The summed E-state index contributed by atoms with van der Waals surface area (Å²) in [5.74, 6) is 0.0568. The van der Waals surface area contributed by atoms with E-state index < -0.39 is 0 Å². The molecular formula is C16H21N5O. The molecule has 116 valence electrons. The maximum atomic E-state index is 12.7. The number of fused-ring (bicyclic) bond motifs is 1. The van der Waals surface area contributed by atoms with Gasteiger partial charge in [0.15, 0.2) is 0 Å². The first-order valence-electron chi connectivity index (χ1n) is 7.99. The number of imidazole rings is 1. The molecule has 2 aliphatic heterocycles. The number of aromatic nitrogens is 2. The van der Waals surface area contributed by atoms with E-state index in [0.29, 0.717) is 11.7 Å². The number of piperazine rings is 1. The molecule has 2 saturated heterocycles. The molecular weight excluding hydrogens is 278 g/mol. The van der Waals surface area contributed by atoms with E-state index in [9.17, 15) is 4.79 Å². The van der Waals surface area contributed by atoms with E-state index >= 15 is 0 Å². The van der Waals surface area contributed by atoms with Crippen molar-refractivity contribution in [2.24, 2.45) is 0 Å². The smallest absolute Gasteiger partial charge is 0.274 e. The molecule has 2 aliphatic rings. The Morgan fingerprint density at radius 1 is 1.23 bits per heavy atom. The molecule has 4 heterocycles. The van der Waals surface area contributed by atoms with Gasteiger partial charge >= 0.3 is 0 Å². The Hall–Kier alpha value is -1.92. The van der Waals surface area contributed by atoms with Crippen molar-refractivity contribution in [2.75, 3.05) is 39.3 Å². The van der Waals surface area contributed by atoms with Gasteiger partial charge in [-0.25, -0.2) is 4.98 Å². The minimum Gasteiger partial charge on any atom is -0.336 e. The lowest BCUT2D eigenvalue weighted by atomic mass is 10.2. The normalized spacial score (nSPS) is 23.3. The fourth-order valence-electron chi connectivity index (χ4n) is 3.47. The van der Waals surface area contributed by atoms with Crippen LogP contribution in [-0.2, 0) is 0 Å². The maximum Gasteiger partial charge on any atom is 0.274 e. The molecule has 2 aromatic heterocycles. The van der Waals surface area contributed by atoms with Gasteiger partial charge in [0.1, 0.15) is 11.3 Å². The van der Waals surface area contributed by atoms with Gasteiger partial charge < -0.3 is 14.6 Å². The highest BCUT2D eigenvalue weighted by molar-refractivity contribution is 5.93. The van der Waals surface area contributed by atoms with E-state index in [1.54, 1.807) is 0 Å². The molecule has 2 aromatic rings. The molecule has 0 radical (unpaired) electrons. The summed E-state index contributed by atoms with van der Waals surface area (Å²) in [4.78, 5) is 21.6. The number of amides is 1. The number of likely N-dealkylation sites (tertiary alicyclic amines) is 1. The minimum absolute atomic E-state index is 0.0568. The molecule has 1 amide bonds. The van der Waals surface area contributed by atoms with Gasteiger partial charge in [0, 0.05) is 57.7 Å². The summed E-state index contributed by atoms with van der Waals surface area (Å²) in [6.07, 6.45) is 4.82. The Kier molecular flexibility index (Phi) is 3.56. The number of carbonyl (C=O) groups is 1.